The van der Waals surface area contributed by atoms with E-state index in [2.05, 4.69) is 5.32 Å². The van der Waals surface area contributed by atoms with E-state index < -0.39 is 30.4 Å². The summed E-state index contributed by atoms with van der Waals surface area (Å²) >= 11 is 0. The number of carbonyl (C=O) groups excluding carboxylic acids is 2. The molecule has 2 aliphatic heterocycles. The second-order valence-electron chi connectivity index (χ2n) is 7.20. The van der Waals surface area contributed by atoms with E-state index in [9.17, 15) is 22.8 Å². The number of piperidine rings is 1. The Bertz CT molecular complexity index is 754. The van der Waals surface area contributed by atoms with Crippen LogP contribution in [0.1, 0.15) is 31.2 Å². The van der Waals surface area contributed by atoms with Gasteiger partial charge < -0.3 is 10.2 Å². The van der Waals surface area contributed by atoms with E-state index in [-0.39, 0.29) is 31.2 Å². The van der Waals surface area contributed by atoms with Gasteiger partial charge in [-0.1, -0.05) is 12.1 Å². The van der Waals surface area contributed by atoms with Crippen LogP contribution < -0.4 is 5.32 Å². The molecule has 2 fully saturated rings. The van der Waals surface area contributed by atoms with Gasteiger partial charge in [0, 0.05) is 25.9 Å². The maximum atomic E-state index is 13.5. The molecule has 0 radical (unpaired) electrons. The summed E-state index contributed by atoms with van der Waals surface area (Å²) in [5.74, 6) is -3.77. The fourth-order valence-corrected chi connectivity index (χ4v) is 3.58. The highest BCUT2D eigenvalue weighted by molar-refractivity contribution is 6.01. The second kappa shape index (κ2) is 8.20. The van der Waals surface area contributed by atoms with Crippen LogP contribution in [0.15, 0.2) is 24.3 Å². The van der Waals surface area contributed by atoms with Gasteiger partial charge in [-0.3, -0.25) is 15.1 Å². The third-order valence-electron chi connectivity index (χ3n) is 5.08. The summed E-state index contributed by atoms with van der Waals surface area (Å²) in [5, 5.41) is 10.7. The van der Waals surface area contributed by atoms with E-state index in [1.807, 2.05) is 0 Å². The first kappa shape index (κ1) is 20.2. The van der Waals surface area contributed by atoms with Gasteiger partial charge in [-0.05, 0) is 37.0 Å². The first-order valence-corrected chi connectivity index (χ1v) is 9.32. The maximum absolute atomic E-state index is 13.5. The molecule has 1 aromatic carbocycles. The number of amidine groups is 1. The highest BCUT2D eigenvalue weighted by Gasteiger charge is 2.45. The molecular weight excluding hydrogens is 373 g/mol. The minimum Gasteiger partial charge on any atom is -0.337 e. The maximum Gasteiger partial charge on any atom is 0.323 e. The topological polar surface area (TPSA) is 76.5 Å². The number of alkyl halides is 2. The Hall–Kier alpha value is -2.58. The molecule has 9 heteroatoms. The Morgan fingerprint density at radius 1 is 1.25 bits per heavy atom. The van der Waals surface area contributed by atoms with Crippen molar-refractivity contribution in [3.05, 3.63) is 35.6 Å². The van der Waals surface area contributed by atoms with Crippen LogP contribution in [0.5, 0.6) is 0 Å². The molecule has 3 amide bonds. The van der Waals surface area contributed by atoms with E-state index in [1.54, 1.807) is 12.1 Å². The smallest absolute Gasteiger partial charge is 0.323 e. The van der Waals surface area contributed by atoms with Gasteiger partial charge in [0.15, 0.2) is 0 Å². The van der Waals surface area contributed by atoms with Crippen molar-refractivity contribution in [1.29, 1.82) is 5.41 Å². The van der Waals surface area contributed by atoms with Crippen LogP contribution in [0.4, 0.5) is 18.0 Å². The van der Waals surface area contributed by atoms with Crippen molar-refractivity contribution in [2.75, 3.05) is 19.6 Å². The predicted molar refractivity (Wildman–Crippen MR) is 96.9 cm³/mol. The number of urea groups is 1. The number of benzene rings is 1. The van der Waals surface area contributed by atoms with E-state index in [1.165, 1.54) is 12.1 Å². The minimum absolute atomic E-state index is 0.00911. The van der Waals surface area contributed by atoms with Crippen LogP contribution in [0.2, 0.25) is 0 Å². The highest BCUT2D eigenvalue weighted by Crippen LogP contribution is 2.29. The van der Waals surface area contributed by atoms with Gasteiger partial charge in [0.2, 0.25) is 5.91 Å². The minimum atomic E-state index is -2.90. The van der Waals surface area contributed by atoms with Gasteiger partial charge in [0.05, 0.1) is 6.54 Å². The molecule has 3 rings (SSSR count). The van der Waals surface area contributed by atoms with Crippen LogP contribution in [0.3, 0.4) is 0 Å². The lowest BCUT2D eigenvalue weighted by molar-refractivity contribution is -0.136. The average Bonchev–Trinajstić information content (AvgIpc) is 3.02. The summed E-state index contributed by atoms with van der Waals surface area (Å²) < 4.78 is 39.8. The molecule has 152 valence electrons. The molecule has 1 aromatic rings. The van der Waals surface area contributed by atoms with Crippen molar-refractivity contribution in [2.24, 2.45) is 0 Å². The standard InChI is InChI=1S/C19H23F3N4O2/c20-14-6-4-13(5-7-14)8-10-24-18(28)26-15(2-1-3-16(26)23)17(27)25-11-9-19(21,22)12-25/h4-7,15,23H,1-3,8-12H2,(H,24,28). The number of likely N-dealkylation sites (tertiary alicyclic amines) is 2. The molecule has 0 bridgehead atoms. The van der Waals surface area contributed by atoms with Crippen molar-refractivity contribution < 1.29 is 22.8 Å². The Morgan fingerprint density at radius 3 is 2.61 bits per heavy atom. The molecule has 0 aromatic heterocycles. The predicted octanol–water partition coefficient (Wildman–Crippen LogP) is 2.78. The van der Waals surface area contributed by atoms with Crippen LogP contribution in [-0.2, 0) is 11.2 Å². The Balaban J connectivity index is 1.61. The van der Waals surface area contributed by atoms with Crippen LogP contribution in [0, 0.1) is 11.2 Å². The summed E-state index contributed by atoms with van der Waals surface area (Å²) in [6.07, 6.45) is 1.33. The first-order valence-electron chi connectivity index (χ1n) is 9.32. The second-order valence-corrected chi connectivity index (χ2v) is 7.20. The average molecular weight is 396 g/mol. The molecule has 28 heavy (non-hydrogen) atoms. The van der Waals surface area contributed by atoms with Crippen molar-refractivity contribution in [1.82, 2.24) is 15.1 Å². The molecule has 2 saturated heterocycles. The van der Waals surface area contributed by atoms with E-state index in [0.717, 1.165) is 15.4 Å². The van der Waals surface area contributed by atoms with E-state index in [0.29, 0.717) is 25.7 Å². The number of amides is 3. The zero-order valence-corrected chi connectivity index (χ0v) is 15.4. The molecule has 0 spiro atoms. The highest BCUT2D eigenvalue weighted by atomic mass is 19.3. The molecule has 2 heterocycles. The third kappa shape index (κ3) is 4.63. The molecule has 6 nitrogen and oxygen atoms in total. The molecule has 1 unspecified atom stereocenters. The molecule has 0 saturated carbocycles. The van der Waals surface area contributed by atoms with E-state index in [4.69, 9.17) is 5.41 Å². The van der Waals surface area contributed by atoms with Crippen molar-refractivity contribution in [3.8, 4) is 0 Å². The number of rotatable bonds is 4. The fraction of sp³-hybridized carbons (Fsp3) is 0.526. The molecule has 1 atom stereocenters. The quantitative estimate of drug-likeness (QED) is 0.821. The van der Waals surface area contributed by atoms with Gasteiger partial charge in [-0.2, -0.15) is 0 Å². The Kier molecular flexibility index (Phi) is 5.90. The van der Waals surface area contributed by atoms with Gasteiger partial charge in [0.25, 0.3) is 5.92 Å². The third-order valence-corrected chi connectivity index (χ3v) is 5.08. The summed E-state index contributed by atoms with van der Waals surface area (Å²) in [5.41, 5.74) is 0.836. The van der Waals surface area contributed by atoms with Gasteiger partial charge in [0.1, 0.15) is 17.7 Å². The SMILES string of the molecule is N=C1CCCC(C(=O)N2CCC(F)(F)C2)N1C(=O)NCCc1ccc(F)cc1. The van der Waals surface area contributed by atoms with Crippen LogP contribution in [-0.4, -0.2) is 59.2 Å². The summed E-state index contributed by atoms with van der Waals surface area (Å²) in [6.45, 7) is -0.442. The first-order chi connectivity index (χ1) is 13.3. The normalized spacial score (nSPS) is 21.7. The number of hydrogen-bond acceptors (Lipinski definition) is 3. The molecule has 2 aliphatic rings. The monoisotopic (exact) mass is 396 g/mol. The van der Waals surface area contributed by atoms with Crippen LogP contribution >= 0.6 is 0 Å². The number of hydrogen-bond donors (Lipinski definition) is 2. The van der Waals surface area contributed by atoms with Gasteiger partial charge >= 0.3 is 6.03 Å². The fourth-order valence-electron chi connectivity index (χ4n) is 3.58. The lowest BCUT2D eigenvalue weighted by Crippen LogP contribution is -2.57. The lowest BCUT2D eigenvalue weighted by atomic mass is 10.0. The van der Waals surface area contributed by atoms with Crippen molar-refractivity contribution >= 4 is 17.8 Å². The van der Waals surface area contributed by atoms with Gasteiger partial charge in [-0.25, -0.2) is 18.0 Å². The van der Waals surface area contributed by atoms with E-state index >= 15 is 0 Å². The zero-order chi connectivity index (χ0) is 20.3. The number of nitrogens with zero attached hydrogens (tertiary/aromatic N) is 2. The number of nitrogens with one attached hydrogen (secondary N) is 2. The molecular formula is C19H23F3N4O2. The van der Waals surface area contributed by atoms with Crippen molar-refractivity contribution in [2.45, 2.75) is 44.1 Å². The Labute approximate surface area is 161 Å². The summed E-state index contributed by atoms with van der Waals surface area (Å²) in [6, 6.07) is 4.38. The Morgan fingerprint density at radius 2 is 1.96 bits per heavy atom. The summed E-state index contributed by atoms with van der Waals surface area (Å²) in [7, 11) is 0. The zero-order valence-electron chi connectivity index (χ0n) is 15.4. The molecule has 0 aliphatic carbocycles. The van der Waals surface area contributed by atoms with Crippen molar-refractivity contribution in [3.63, 3.8) is 0 Å². The lowest BCUT2D eigenvalue weighted by Gasteiger charge is -2.36. The number of carbonyl (C=O) groups is 2. The summed E-state index contributed by atoms with van der Waals surface area (Å²) in [4.78, 5) is 27.5. The van der Waals surface area contributed by atoms with Gasteiger partial charge in [-0.15, -0.1) is 0 Å². The number of halogens is 3. The molecule has 2 N–H and O–H groups in total. The largest absolute Gasteiger partial charge is 0.337 e. The van der Waals surface area contributed by atoms with Crippen LogP contribution in [0.25, 0.3) is 0 Å².